The van der Waals surface area contributed by atoms with Gasteiger partial charge in [-0.3, -0.25) is 0 Å². The molecule has 0 saturated carbocycles. The molecule has 0 aliphatic rings. The van der Waals surface area contributed by atoms with E-state index in [1.165, 1.54) is 6.39 Å². The molecule has 0 aromatic carbocycles. The van der Waals surface area contributed by atoms with Gasteiger partial charge in [-0.2, -0.15) is 0 Å². The van der Waals surface area contributed by atoms with Crippen LogP contribution >= 0.6 is 15.9 Å². The van der Waals surface area contributed by atoms with Gasteiger partial charge in [0.2, 0.25) is 0 Å². The zero-order chi connectivity index (χ0) is 13.8. The van der Waals surface area contributed by atoms with Crippen molar-refractivity contribution in [3.8, 4) is 0 Å². The number of aromatic nitrogens is 1. The summed E-state index contributed by atoms with van der Waals surface area (Å²) in [5, 5.41) is 0. The van der Waals surface area contributed by atoms with Crippen LogP contribution in [0.25, 0.3) is 5.57 Å². The van der Waals surface area contributed by atoms with Crippen LogP contribution in [0.1, 0.15) is 40.4 Å². The first-order valence-corrected chi connectivity index (χ1v) is 6.51. The van der Waals surface area contributed by atoms with Gasteiger partial charge in [-0.1, -0.05) is 62.4 Å². The monoisotopic (exact) mass is 299 g/mol. The summed E-state index contributed by atoms with van der Waals surface area (Å²) in [6.07, 6.45) is 4.91. The third-order valence-electron chi connectivity index (χ3n) is 1.38. The fraction of sp³-hybridized carbons (Fsp3) is 0.357. The van der Waals surface area contributed by atoms with Gasteiger partial charge < -0.3 is 4.42 Å². The first-order valence-electron chi connectivity index (χ1n) is 5.72. The molecule has 0 aliphatic carbocycles. The zero-order valence-electron chi connectivity index (χ0n) is 11.4. The highest BCUT2D eigenvalue weighted by Crippen LogP contribution is 2.26. The summed E-state index contributed by atoms with van der Waals surface area (Å²) in [5.74, 6) is 0.685. The molecular weight excluding hydrogens is 278 g/mol. The molecule has 0 atom stereocenters. The van der Waals surface area contributed by atoms with Gasteiger partial charge in [0.25, 0.3) is 0 Å². The Morgan fingerprint density at radius 1 is 1.29 bits per heavy atom. The number of halogens is 1. The zero-order valence-corrected chi connectivity index (χ0v) is 13.0. The van der Waals surface area contributed by atoms with Gasteiger partial charge in [0.05, 0.1) is 6.20 Å². The third-order valence-corrected chi connectivity index (χ3v) is 1.81. The van der Waals surface area contributed by atoms with Crippen molar-refractivity contribution >= 4 is 21.5 Å². The molecule has 1 rings (SSSR count). The van der Waals surface area contributed by atoms with E-state index in [2.05, 4.69) is 34.1 Å². The Bertz CT molecular complexity index is 350. The van der Waals surface area contributed by atoms with Crippen molar-refractivity contribution in [2.75, 3.05) is 0 Å². The van der Waals surface area contributed by atoms with Crippen LogP contribution in [0.4, 0.5) is 0 Å². The largest absolute Gasteiger partial charge is 0.443 e. The first-order chi connectivity index (χ1) is 8.11. The van der Waals surface area contributed by atoms with E-state index in [-0.39, 0.29) is 0 Å². The molecule has 0 N–H and O–H groups in total. The maximum absolute atomic E-state index is 5.15. The van der Waals surface area contributed by atoms with Crippen LogP contribution in [0.15, 0.2) is 46.3 Å². The van der Waals surface area contributed by atoms with E-state index in [1.807, 2.05) is 40.7 Å². The second kappa shape index (κ2) is 11.4. The highest BCUT2D eigenvalue weighted by molar-refractivity contribution is 9.12. The van der Waals surface area contributed by atoms with E-state index in [0.717, 1.165) is 15.6 Å². The average Bonchev–Trinajstić information content (AvgIpc) is 2.84. The smallest absolute Gasteiger partial charge is 0.181 e. The van der Waals surface area contributed by atoms with Crippen molar-refractivity contribution < 1.29 is 4.42 Å². The molecule has 2 nitrogen and oxygen atoms in total. The van der Waals surface area contributed by atoms with E-state index < -0.39 is 0 Å². The van der Waals surface area contributed by atoms with Crippen LogP contribution in [-0.2, 0) is 0 Å². The summed E-state index contributed by atoms with van der Waals surface area (Å²) >= 11 is 3.30. The quantitative estimate of drug-likeness (QED) is 0.679. The lowest BCUT2D eigenvalue weighted by atomic mass is 10.1. The summed E-state index contributed by atoms with van der Waals surface area (Å²) in [7, 11) is 0. The van der Waals surface area contributed by atoms with E-state index in [9.17, 15) is 0 Å². The first kappa shape index (κ1) is 18.3. The lowest BCUT2D eigenvalue weighted by Gasteiger charge is -2.00. The van der Waals surface area contributed by atoms with Crippen molar-refractivity contribution in [3.05, 3.63) is 47.6 Å². The molecule has 0 unspecified atom stereocenters. The molecule has 0 saturated heterocycles. The Morgan fingerprint density at radius 3 is 2.12 bits per heavy atom. The Hall–Kier alpha value is -1.09. The second-order valence-corrected chi connectivity index (χ2v) is 3.63. The fourth-order valence-electron chi connectivity index (χ4n) is 0.878. The van der Waals surface area contributed by atoms with Crippen LogP contribution in [-0.4, -0.2) is 4.98 Å². The molecule has 0 spiro atoms. The van der Waals surface area contributed by atoms with Gasteiger partial charge in [0.1, 0.15) is 0 Å². The van der Waals surface area contributed by atoms with Gasteiger partial charge in [0.15, 0.2) is 12.2 Å². The molecule has 0 aliphatic heterocycles. The van der Waals surface area contributed by atoms with E-state index in [1.54, 1.807) is 6.20 Å². The molecule has 1 heterocycles. The molecule has 3 heteroatoms. The SMILES string of the molecule is C=C(C)/C=C(\C(=C)Br)c1cnco1.CC.CC. The van der Waals surface area contributed by atoms with Crippen molar-refractivity contribution in [2.24, 2.45) is 0 Å². The number of allylic oxidation sites excluding steroid dienone is 4. The van der Waals surface area contributed by atoms with Gasteiger partial charge in [-0.25, -0.2) is 4.98 Å². The number of rotatable bonds is 3. The highest BCUT2D eigenvalue weighted by Gasteiger charge is 2.06. The molecule has 1 aromatic heterocycles. The molecule has 1 aromatic rings. The minimum Gasteiger partial charge on any atom is -0.443 e. The van der Waals surface area contributed by atoms with Crippen LogP contribution in [0.5, 0.6) is 0 Å². The van der Waals surface area contributed by atoms with Gasteiger partial charge in [-0.15, -0.1) is 0 Å². The third kappa shape index (κ3) is 7.75. The molecule has 17 heavy (non-hydrogen) atoms. The fourth-order valence-corrected chi connectivity index (χ4v) is 1.19. The average molecular weight is 300 g/mol. The van der Waals surface area contributed by atoms with Crippen LogP contribution in [0.3, 0.4) is 0 Å². The van der Waals surface area contributed by atoms with Gasteiger partial charge in [-0.05, 0) is 13.0 Å². The summed E-state index contributed by atoms with van der Waals surface area (Å²) in [6.45, 7) is 17.5. The summed E-state index contributed by atoms with van der Waals surface area (Å²) in [6, 6.07) is 0. The Labute approximate surface area is 113 Å². The molecular formula is C14H22BrNO. The standard InChI is InChI=1S/C10H10BrNO.2C2H6/c1-7(2)4-9(8(3)11)10-5-12-6-13-10;2*1-2/h4-6H,1,3H2,2H3;2*1-2H3/b9-4+;;. The van der Waals surface area contributed by atoms with Gasteiger partial charge >= 0.3 is 0 Å². The minimum absolute atomic E-state index is 0.685. The van der Waals surface area contributed by atoms with Gasteiger partial charge in [0, 0.05) is 10.1 Å². The molecule has 96 valence electrons. The van der Waals surface area contributed by atoms with Crippen molar-refractivity contribution in [1.29, 1.82) is 0 Å². The van der Waals surface area contributed by atoms with Crippen molar-refractivity contribution in [1.82, 2.24) is 4.98 Å². The molecule has 0 amide bonds. The number of oxazole rings is 1. The topological polar surface area (TPSA) is 26.0 Å². The molecule has 0 bridgehead atoms. The minimum atomic E-state index is 0.685. The van der Waals surface area contributed by atoms with Crippen LogP contribution in [0.2, 0.25) is 0 Å². The predicted octanol–water partition coefficient (Wildman–Crippen LogP) is 5.60. The number of nitrogens with zero attached hydrogens (tertiary/aromatic N) is 1. The molecule has 0 radical (unpaired) electrons. The van der Waals surface area contributed by atoms with E-state index in [0.29, 0.717) is 5.76 Å². The maximum Gasteiger partial charge on any atom is 0.181 e. The maximum atomic E-state index is 5.15. The predicted molar refractivity (Wildman–Crippen MR) is 80.1 cm³/mol. The second-order valence-electron chi connectivity index (χ2n) is 2.67. The summed E-state index contributed by atoms with van der Waals surface area (Å²) < 4.78 is 5.90. The van der Waals surface area contributed by atoms with Crippen LogP contribution < -0.4 is 0 Å². The van der Waals surface area contributed by atoms with Crippen molar-refractivity contribution in [2.45, 2.75) is 34.6 Å². The van der Waals surface area contributed by atoms with Crippen LogP contribution in [0, 0.1) is 0 Å². The highest BCUT2D eigenvalue weighted by atomic mass is 79.9. The number of hydrogen-bond donors (Lipinski definition) is 0. The lowest BCUT2D eigenvalue weighted by molar-refractivity contribution is 0.545. The lowest BCUT2D eigenvalue weighted by Crippen LogP contribution is -1.80. The van der Waals surface area contributed by atoms with E-state index in [4.69, 9.17) is 4.42 Å². The Morgan fingerprint density at radius 2 is 1.82 bits per heavy atom. The van der Waals surface area contributed by atoms with E-state index >= 15 is 0 Å². The summed E-state index contributed by atoms with van der Waals surface area (Å²) in [5.41, 5.74) is 1.80. The number of hydrogen-bond acceptors (Lipinski definition) is 2. The summed E-state index contributed by atoms with van der Waals surface area (Å²) in [4.78, 5) is 3.83. The Balaban J connectivity index is 0. The van der Waals surface area contributed by atoms with Crippen molar-refractivity contribution in [3.63, 3.8) is 0 Å². The molecule has 0 fully saturated rings. The normalized spacial score (nSPS) is 9.41. The Kier molecular flexibility index (Phi) is 12.3.